The van der Waals surface area contributed by atoms with Gasteiger partial charge in [0.25, 0.3) is 0 Å². The minimum absolute atomic E-state index is 0.139. The van der Waals surface area contributed by atoms with Crippen molar-refractivity contribution in [1.29, 1.82) is 0 Å². The van der Waals surface area contributed by atoms with E-state index in [1.54, 1.807) is 0 Å². The smallest absolute Gasteiger partial charge is 0.422 e. The molecule has 4 nitrogen and oxygen atoms in total. The number of nitrogens with two attached hydrogens (primary N) is 1. The van der Waals surface area contributed by atoms with Crippen LogP contribution < -0.4 is 15.2 Å². The van der Waals surface area contributed by atoms with Gasteiger partial charge in [-0.15, -0.1) is 0 Å². The van der Waals surface area contributed by atoms with Gasteiger partial charge < -0.3 is 20.3 Å². The van der Waals surface area contributed by atoms with Crippen molar-refractivity contribution < 1.29 is 27.8 Å². The number of aliphatic hydroxyl groups is 1. The SMILES string of the molecule is COc1ccc(C(O)(CN)C(F)(F)F)c(OC)c1. The zero-order chi connectivity index (χ0) is 14.0. The molecule has 1 rings (SSSR count). The maximum Gasteiger partial charge on any atom is 0.422 e. The number of rotatable bonds is 4. The van der Waals surface area contributed by atoms with Crippen molar-refractivity contribution in [1.82, 2.24) is 0 Å². The minimum atomic E-state index is -4.90. The number of halogens is 3. The van der Waals surface area contributed by atoms with E-state index in [1.165, 1.54) is 26.4 Å². The van der Waals surface area contributed by atoms with Crippen LogP contribution in [0.3, 0.4) is 0 Å². The van der Waals surface area contributed by atoms with Gasteiger partial charge in [0.05, 0.1) is 14.2 Å². The summed E-state index contributed by atoms with van der Waals surface area (Å²) in [6.07, 6.45) is -4.90. The lowest BCUT2D eigenvalue weighted by atomic mass is 9.92. The van der Waals surface area contributed by atoms with Crippen molar-refractivity contribution in [3.8, 4) is 11.5 Å². The van der Waals surface area contributed by atoms with Gasteiger partial charge >= 0.3 is 6.18 Å². The standard InChI is InChI=1S/C11H14F3NO3/c1-17-7-3-4-8(9(5-7)18-2)10(16,6-15)11(12,13)14/h3-5,16H,6,15H2,1-2H3. The molecule has 102 valence electrons. The maximum absolute atomic E-state index is 12.9. The Hall–Kier alpha value is -1.47. The first kappa shape index (κ1) is 14.6. The quantitative estimate of drug-likeness (QED) is 0.864. The van der Waals surface area contributed by atoms with Crippen LogP contribution in [-0.2, 0) is 5.60 Å². The lowest BCUT2D eigenvalue weighted by Crippen LogP contribution is -2.48. The van der Waals surface area contributed by atoms with Crippen molar-refractivity contribution in [2.75, 3.05) is 20.8 Å². The summed E-state index contributed by atoms with van der Waals surface area (Å²) in [6.45, 7) is -1.00. The fourth-order valence-electron chi connectivity index (χ4n) is 1.52. The average Bonchev–Trinajstić information content (AvgIpc) is 2.35. The second kappa shape index (κ2) is 5.03. The lowest BCUT2D eigenvalue weighted by Gasteiger charge is -2.30. The third-order valence-electron chi connectivity index (χ3n) is 2.62. The average molecular weight is 265 g/mol. The number of alkyl halides is 3. The topological polar surface area (TPSA) is 64.7 Å². The van der Waals surface area contributed by atoms with Gasteiger partial charge in [-0.05, 0) is 12.1 Å². The Balaban J connectivity index is 3.38. The Labute approximate surface area is 102 Å². The van der Waals surface area contributed by atoms with Crippen LogP contribution in [0.4, 0.5) is 13.2 Å². The highest BCUT2D eigenvalue weighted by Gasteiger charge is 2.55. The van der Waals surface area contributed by atoms with Crippen LogP contribution in [-0.4, -0.2) is 32.0 Å². The Kier molecular flexibility index (Phi) is 4.08. The molecule has 0 fully saturated rings. The van der Waals surface area contributed by atoms with E-state index in [-0.39, 0.29) is 5.75 Å². The Morgan fingerprint density at radius 1 is 1.22 bits per heavy atom. The third-order valence-corrected chi connectivity index (χ3v) is 2.62. The fourth-order valence-corrected chi connectivity index (χ4v) is 1.52. The molecule has 7 heteroatoms. The molecule has 0 amide bonds. The van der Waals surface area contributed by atoms with Gasteiger partial charge in [-0.2, -0.15) is 13.2 Å². The predicted molar refractivity (Wildman–Crippen MR) is 58.6 cm³/mol. The van der Waals surface area contributed by atoms with E-state index in [9.17, 15) is 18.3 Å². The molecule has 3 N–H and O–H groups in total. The first-order valence-corrected chi connectivity index (χ1v) is 5.02. The predicted octanol–water partition coefficient (Wildman–Crippen LogP) is 1.41. The van der Waals surface area contributed by atoms with E-state index in [1.807, 2.05) is 0 Å². The lowest BCUT2D eigenvalue weighted by molar-refractivity contribution is -0.262. The molecule has 0 saturated carbocycles. The Morgan fingerprint density at radius 3 is 2.22 bits per heavy atom. The van der Waals surface area contributed by atoms with Crippen LogP contribution in [0, 0.1) is 0 Å². The first-order valence-electron chi connectivity index (χ1n) is 5.02. The van der Waals surface area contributed by atoms with Gasteiger partial charge in [0.1, 0.15) is 11.5 Å². The molecule has 0 aliphatic carbocycles. The highest BCUT2D eigenvalue weighted by Crippen LogP contribution is 2.42. The zero-order valence-corrected chi connectivity index (χ0v) is 9.91. The monoisotopic (exact) mass is 265 g/mol. The summed E-state index contributed by atoms with van der Waals surface area (Å²) in [5.41, 5.74) is 1.47. The number of hydrogen-bond acceptors (Lipinski definition) is 4. The highest BCUT2D eigenvalue weighted by atomic mass is 19.4. The van der Waals surface area contributed by atoms with Crippen LogP contribution in [0.5, 0.6) is 11.5 Å². The van der Waals surface area contributed by atoms with Crippen molar-refractivity contribution in [2.45, 2.75) is 11.8 Å². The van der Waals surface area contributed by atoms with Crippen molar-refractivity contribution in [3.05, 3.63) is 23.8 Å². The van der Waals surface area contributed by atoms with E-state index in [4.69, 9.17) is 15.2 Å². The number of hydrogen-bond donors (Lipinski definition) is 2. The van der Waals surface area contributed by atoms with Crippen LogP contribution in [0.2, 0.25) is 0 Å². The summed E-state index contributed by atoms with van der Waals surface area (Å²) in [6, 6.07) is 3.63. The summed E-state index contributed by atoms with van der Waals surface area (Å²) in [5, 5.41) is 9.73. The molecule has 0 aromatic heterocycles. The Bertz CT molecular complexity index is 422. The number of methoxy groups -OCH3 is 2. The summed E-state index contributed by atoms with van der Waals surface area (Å²) < 4.78 is 48.3. The van der Waals surface area contributed by atoms with E-state index in [0.29, 0.717) is 5.75 Å². The minimum Gasteiger partial charge on any atom is -0.497 e. The van der Waals surface area contributed by atoms with Gasteiger partial charge in [0, 0.05) is 18.2 Å². The number of ether oxygens (including phenoxy) is 2. The molecule has 1 atom stereocenters. The van der Waals surface area contributed by atoms with E-state index in [2.05, 4.69) is 0 Å². The van der Waals surface area contributed by atoms with Gasteiger partial charge in [0.15, 0.2) is 0 Å². The summed E-state index contributed by atoms with van der Waals surface area (Å²) in [7, 11) is 2.57. The van der Waals surface area contributed by atoms with Gasteiger partial charge in [-0.3, -0.25) is 0 Å². The molecule has 1 unspecified atom stereocenters. The molecule has 0 spiro atoms. The fraction of sp³-hybridized carbons (Fsp3) is 0.455. The van der Waals surface area contributed by atoms with E-state index in [0.717, 1.165) is 6.07 Å². The van der Waals surface area contributed by atoms with Crippen LogP contribution >= 0.6 is 0 Å². The summed E-state index contributed by atoms with van der Waals surface area (Å²) in [4.78, 5) is 0. The maximum atomic E-state index is 12.9. The second-order valence-corrected chi connectivity index (χ2v) is 3.63. The molecule has 1 aromatic rings. The molecule has 0 aliphatic rings. The number of benzene rings is 1. The molecule has 1 aromatic carbocycles. The largest absolute Gasteiger partial charge is 0.497 e. The van der Waals surface area contributed by atoms with Crippen LogP contribution in [0.1, 0.15) is 5.56 Å². The molecule has 0 bridgehead atoms. The van der Waals surface area contributed by atoms with Crippen molar-refractivity contribution in [2.24, 2.45) is 5.73 Å². The second-order valence-electron chi connectivity index (χ2n) is 3.63. The molecule has 0 heterocycles. The molecular formula is C11H14F3NO3. The molecule has 18 heavy (non-hydrogen) atoms. The first-order chi connectivity index (χ1) is 8.30. The van der Waals surface area contributed by atoms with E-state index >= 15 is 0 Å². The van der Waals surface area contributed by atoms with Gasteiger partial charge in [-0.1, -0.05) is 0 Å². The van der Waals surface area contributed by atoms with Crippen molar-refractivity contribution >= 4 is 0 Å². The normalized spacial score (nSPS) is 15.1. The summed E-state index contributed by atoms with van der Waals surface area (Å²) in [5.74, 6) is 0.178. The molecular weight excluding hydrogens is 251 g/mol. The van der Waals surface area contributed by atoms with Crippen molar-refractivity contribution in [3.63, 3.8) is 0 Å². The highest BCUT2D eigenvalue weighted by molar-refractivity contribution is 5.44. The van der Waals surface area contributed by atoms with Crippen LogP contribution in [0.15, 0.2) is 18.2 Å². The van der Waals surface area contributed by atoms with Gasteiger partial charge in [0.2, 0.25) is 5.60 Å². The third kappa shape index (κ3) is 2.37. The van der Waals surface area contributed by atoms with Crippen LogP contribution in [0.25, 0.3) is 0 Å². The van der Waals surface area contributed by atoms with Gasteiger partial charge in [-0.25, -0.2) is 0 Å². The Morgan fingerprint density at radius 2 is 1.83 bits per heavy atom. The molecule has 0 saturated heterocycles. The molecule has 0 radical (unpaired) electrons. The van der Waals surface area contributed by atoms with E-state index < -0.39 is 23.9 Å². The zero-order valence-electron chi connectivity index (χ0n) is 9.91. The molecule has 0 aliphatic heterocycles. The summed E-state index contributed by atoms with van der Waals surface area (Å²) >= 11 is 0.